The van der Waals surface area contributed by atoms with Crippen molar-refractivity contribution in [3.8, 4) is 17.5 Å². The molecule has 0 spiro atoms. The lowest BCUT2D eigenvalue weighted by molar-refractivity contribution is 0.102. The van der Waals surface area contributed by atoms with E-state index >= 15 is 0 Å². The van der Waals surface area contributed by atoms with Gasteiger partial charge in [-0.15, -0.1) is 0 Å². The van der Waals surface area contributed by atoms with E-state index in [1.807, 2.05) is 6.92 Å². The van der Waals surface area contributed by atoms with Crippen LogP contribution in [0.3, 0.4) is 0 Å². The Balaban J connectivity index is 1.87. The number of fused-ring (bicyclic) bond motifs is 1. The molecule has 0 aliphatic heterocycles. The zero-order valence-electron chi connectivity index (χ0n) is 14.7. The van der Waals surface area contributed by atoms with Gasteiger partial charge in [0.2, 0.25) is 0 Å². The maximum absolute atomic E-state index is 13.1. The number of hydrogen-bond donors (Lipinski definition) is 1. The summed E-state index contributed by atoms with van der Waals surface area (Å²) in [6.45, 7) is 1.83. The molecule has 1 amide bonds. The van der Waals surface area contributed by atoms with Gasteiger partial charge in [-0.3, -0.25) is 9.48 Å². The molecular weight excluding hydrogens is 342 g/mol. The molecular formula is C20H15N5O2. The third-order valence-electron chi connectivity index (χ3n) is 4.28. The van der Waals surface area contributed by atoms with Crippen molar-refractivity contribution in [1.29, 1.82) is 5.26 Å². The molecule has 0 aliphatic carbocycles. The fourth-order valence-electron chi connectivity index (χ4n) is 3.05. The molecule has 7 nitrogen and oxygen atoms in total. The fourth-order valence-corrected chi connectivity index (χ4v) is 3.05. The summed E-state index contributed by atoms with van der Waals surface area (Å²) in [5.41, 5.74) is 3.09. The highest BCUT2D eigenvalue weighted by atomic mass is 16.3. The molecule has 27 heavy (non-hydrogen) atoms. The van der Waals surface area contributed by atoms with Crippen LogP contribution in [0.1, 0.15) is 21.6 Å². The SMILES string of the molecule is Cc1nn(C)c2nc(-c3ccco3)cc(C(=O)Nc3ccccc3C#N)c12. The third-order valence-corrected chi connectivity index (χ3v) is 4.28. The van der Waals surface area contributed by atoms with E-state index in [2.05, 4.69) is 21.5 Å². The van der Waals surface area contributed by atoms with Crippen molar-refractivity contribution < 1.29 is 9.21 Å². The molecule has 4 rings (SSSR count). The number of nitriles is 1. The summed E-state index contributed by atoms with van der Waals surface area (Å²) in [5, 5.41) is 17.1. The summed E-state index contributed by atoms with van der Waals surface area (Å²) in [7, 11) is 1.78. The topological polar surface area (TPSA) is 96.7 Å². The number of hydrogen-bond acceptors (Lipinski definition) is 5. The van der Waals surface area contributed by atoms with Gasteiger partial charge in [0.25, 0.3) is 5.91 Å². The zero-order chi connectivity index (χ0) is 19.0. The summed E-state index contributed by atoms with van der Waals surface area (Å²) in [6, 6.07) is 14.2. The highest BCUT2D eigenvalue weighted by Gasteiger charge is 2.20. The average Bonchev–Trinajstić information content (AvgIpc) is 3.30. The number of furan rings is 1. The second kappa shape index (κ2) is 6.42. The van der Waals surface area contributed by atoms with Crippen LogP contribution in [0.5, 0.6) is 0 Å². The first kappa shape index (κ1) is 16.5. The summed E-state index contributed by atoms with van der Waals surface area (Å²) in [6.07, 6.45) is 1.55. The molecule has 1 N–H and O–H groups in total. The lowest BCUT2D eigenvalue weighted by atomic mass is 10.1. The van der Waals surface area contributed by atoms with Crippen LogP contribution >= 0.6 is 0 Å². The molecule has 0 bridgehead atoms. The molecule has 3 aromatic heterocycles. The van der Waals surface area contributed by atoms with Crippen molar-refractivity contribution in [2.45, 2.75) is 6.92 Å². The van der Waals surface area contributed by atoms with Crippen LogP contribution in [0.2, 0.25) is 0 Å². The molecule has 3 heterocycles. The molecule has 0 saturated heterocycles. The van der Waals surface area contributed by atoms with E-state index in [1.165, 1.54) is 0 Å². The van der Waals surface area contributed by atoms with E-state index in [0.29, 0.717) is 45.0 Å². The van der Waals surface area contributed by atoms with Crippen molar-refractivity contribution in [2.75, 3.05) is 5.32 Å². The quantitative estimate of drug-likeness (QED) is 0.603. The number of rotatable bonds is 3. The number of pyridine rings is 1. The van der Waals surface area contributed by atoms with Gasteiger partial charge in [0.15, 0.2) is 11.4 Å². The summed E-state index contributed by atoms with van der Waals surface area (Å²) in [4.78, 5) is 17.7. The molecule has 7 heteroatoms. The van der Waals surface area contributed by atoms with Crippen LogP contribution in [0.25, 0.3) is 22.5 Å². The van der Waals surface area contributed by atoms with Crippen LogP contribution in [0, 0.1) is 18.3 Å². The fraction of sp³-hybridized carbons (Fsp3) is 0.100. The highest BCUT2D eigenvalue weighted by molar-refractivity contribution is 6.13. The van der Waals surface area contributed by atoms with Gasteiger partial charge in [-0.05, 0) is 37.3 Å². The minimum absolute atomic E-state index is 0.339. The van der Waals surface area contributed by atoms with Gasteiger partial charge in [-0.2, -0.15) is 10.4 Å². The lowest BCUT2D eigenvalue weighted by Crippen LogP contribution is -2.14. The van der Waals surface area contributed by atoms with Gasteiger partial charge in [-0.1, -0.05) is 12.1 Å². The maximum Gasteiger partial charge on any atom is 0.256 e. The van der Waals surface area contributed by atoms with Crippen molar-refractivity contribution in [3.63, 3.8) is 0 Å². The van der Waals surface area contributed by atoms with Crippen LogP contribution in [0.15, 0.2) is 53.1 Å². The smallest absolute Gasteiger partial charge is 0.256 e. The number of carbonyl (C=O) groups is 1. The van der Waals surface area contributed by atoms with E-state index < -0.39 is 0 Å². The molecule has 0 unspecified atom stereocenters. The van der Waals surface area contributed by atoms with Crippen LogP contribution < -0.4 is 5.32 Å². The van der Waals surface area contributed by atoms with Gasteiger partial charge in [0, 0.05) is 7.05 Å². The maximum atomic E-state index is 13.1. The van der Waals surface area contributed by atoms with Crippen LogP contribution in [-0.2, 0) is 7.05 Å². The zero-order valence-corrected chi connectivity index (χ0v) is 14.7. The van der Waals surface area contributed by atoms with E-state index in [1.54, 1.807) is 60.5 Å². The number of aromatic nitrogens is 3. The Kier molecular flexibility index (Phi) is 3.94. The van der Waals surface area contributed by atoms with Crippen LogP contribution in [-0.4, -0.2) is 20.7 Å². The van der Waals surface area contributed by atoms with E-state index in [9.17, 15) is 10.1 Å². The summed E-state index contributed by atoms with van der Waals surface area (Å²) >= 11 is 0. The van der Waals surface area contributed by atoms with Crippen molar-refractivity contribution >= 4 is 22.6 Å². The number of para-hydroxylation sites is 1. The third kappa shape index (κ3) is 2.83. The first-order valence-electron chi connectivity index (χ1n) is 8.27. The van der Waals surface area contributed by atoms with E-state index in [-0.39, 0.29) is 5.91 Å². The Bertz CT molecular complexity index is 1200. The Morgan fingerprint density at radius 3 is 2.81 bits per heavy atom. The minimum Gasteiger partial charge on any atom is -0.463 e. The minimum atomic E-state index is -0.339. The predicted octanol–water partition coefficient (Wildman–Crippen LogP) is 3.66. The van der Waals surface area contributed by atoms with Crippen molar-refractivity contribution in [2.24, 2.45) is 7.05 Å². The second-order valence-corrected chi connectivity index (χ2v) is 6.05. The molecule has 1 aromatic carbocycles. The van der Waals surface area contributed by atoms with Gasteiger partial charge in [-0.25, -0.2) is 4.98 Å². The molecule has 0 atom stereocenters. The average molecular weight is 357 g/mol. The number of aryl methyl sites for hydroxylation is 2. The molecule has 0 radical (unpaired) electrons. The lowest BCUT2D eigenvalue weighted by Gasteiger charge is -2.09. The monoisotopic (exact) mass is 357 g/mol. The Morgan fingerprint density at radius 2 is 2.07 bits per heavy atom. The second-order valence-electron chi connectivity index (χ2n) is 6.05. The number of nitrogens with one attached hydrogen (secondary N) is 1. The van der Waals surface area contributed by atoms with Crippen molar-refractivity contribution in [3.05, 3.63) is 65.5 Å². The predicted molar refractivity (Wildman–Crippen MR) is 100 cm³/mol. The van der Waals surface area contributed by atoms with Gasteiger partial charge in [0.1, 0.15) is 11.8 Å². The largest absolute Gasteiger partial charge is 0.463 e. The molecule has 132 valence electrons. The van der Waals surface area contributed by atoms with Crippen LogP contribution in [0.4, 0.5) is 5.69 Å². The number of benzene rings is 1. The first-order valence-corrected chi connectivity index (χ1v) is 8.27. The Hall–Kier alpha value is -3.92. The number of nitrogens with zero attached hydrogens (tertiary/aromatic N) is 4. The molecule has 0 saturated carbocycles. The normalized spacial score (nSPS) is 10.7. The van der Waals surface area contributed by atoms with Gasteiger partial charge in [0.05, 0.1) is 34.2 Å². The Morgan fingerprint density at radius 1 is 1.26 bits per heavy atom. The standard InChI is InChI=1S/C20H15N5O2/c1-12-18-14(20(26)23-15-7-4-3-6-13(15)11-21)10-16(17-8-5-9-27-17)22-19(18)25(2)24-12/h3-10H,1-2H3,(H,23,26). The number of amides is 1. The van der Waals surface area contributed by atoms with Crippen molar-refractivity contribution in [1.82, 2.24) is 14.8 Å². The molecule has 0 fully saturated rings. The number of anilines is 1. The van der Waals surface area contributed by atoms with E-state index in [0.717, 1.165) is 0 Å². The van der Waals surface area contributed by atoms with Gasteiger partial charge >= 0.3 is 0 Å². The van der Waals surface area contributed by atoms with Gasteiger partial charge < -0.3 is 9.73 Å². The summed E-state index contributed by atoms with van der Waals surface area (Å²) in [5.74, 6) is 0.219. The molecule has 4 aromatic rings. The number of carbonyl (C=O) groups excluding carboxylic acids is 1. The molecule has 0 aliphatic rings. The highest BCUT2D eigenvalue weighted by Crippen LogP contribution is 2.28. The van der Waals surface area contributed by atoms with E-state index in [4.69, 9.17) is 4.42 Å². The first-order chi connectivity index (χ1) is 13.1. The summed E-state index contributed by atoms with van der Waals surface area (Å²) < 4.78 is 7.07. The Labute approximate surface area is 154 Å².